The van der Waals surface area contributed by atoms with Gasteiger partial charge in [-0.1, -0.05) is 23.7 Å². The fraction of sp³-hybridized carbons (Fsp3) is 0.167. The van der Waals surface area contributed by atoms with Gasteiger partial charge in [-0.3, -0.25) is 9.59 Å². The van der Waals surface area contributed by atoms with Crippen LogP contribution in [0.4, 0.5) is 5.69 Å². The van der Waals surface area contributed by atoms with Crippen molar-refractivity contribution in [1.29, 1.82) is 0 Å². The number of carbonyl (C=O) groups excluding carboxylic acids is 1. The van der Waals surface area contributed by atoms with Crippen molar-refractivity contribution >= 4 is 45.1 Å². The van der Waals surface area contributed by atoms with Gasteiger partial charge in [0.2, 0.25) is 5.43 Å². The number of para-hydroxylation sites is 1. The molecular formula is C24H20ClNO4. The topological polar surface area (TPSA) is 68.5 Å². The number of carbonyl (C=O) groups is 1. The first kappa shape index (κ1) is 20.0. The molecule has 0 fully saturated rings. The van der Waals surface area contributed by atoms with Gasteiger partial charge in [-0.05, 0) is 68.3 Å². The predicted octanol–water partition coefficient (Wildman–Crippen LogP) is 5.62. The van der Waals surface area contributed by atoms with Crippen molar-refractivity contribution in [3.8, 4) is 5.75 Å². The molecule has 0 bridgehead atoms. The highest BCUT2D eigenvalue weighted by Gasteiger charge is 2.17. The summed E-state index contributed by atoms with van der Waals surface area (Å²) in [4.78, 5) is 25.4. The maximum atomic E-state index is 12.8. The van der Waals surface area contributed by atoms with E-state index in [2.05, 4.69) is 5.32 Å². The van der Waals surface area contributed by atoms with Crippen molar-refractivity contribution in [2.45, 2.75) is 26.9 Å². The Bertz CT molecular complexity index is 1340. The van der Waals surface area contributed by atoms with E-state index in [0.717, 1.165) is 11.1 Å². The number of ether oxygens (including phenoxy) is 1. The van der Waals surface area contributed by atoms with E-state index in [1.165, 1.54) is 0 Å². The van der Waals surface area contributed by atoms with Crippen LogP contribution in [0.3, 0.4) is 0 Å². The van der Waals surface area contributed by atoms with Crippen molar-refractivity contribution in [1.82, 2.24) is 0 Å². The van der Waals surface area contributed by atoms with Crippen LogP contribution in [0.25, 0.3) is 21.9 Å². The van der Waals surface area contributed by atoms with E-state index in [4.69, 9.17) is 20.8 Å². The number of hydrogen-bond acceptors (Lipinski definition) is 4. The van der Waals surface area contributed by atoms with Gasteiger partial charge in [0.25, 0.3) is 5.91 Å². The van der Waals surface area contributed by atoms with Crippen LogP contribution in [-0.2, 0) is 4.79 Å². The molecule has 4 rings (SSSR count). The van der Waals surface area contributed by atoms with Crippen molar-refractivity contribution in [3.05, 3.63) is 81.0 Å². The van der Waals surface area contributed by atoms with Crippen LogP contribution in [0.1, 0.15) is 18.1 Å². The molecule has 0 radical (unpaired) electrons. The summed E-state index contributed by atoms with van der Waals surface area (Å²) in [5, 5.41) is 4.23. The summed E-state index contributed by atoms with van der Waals surface area (Å²) in [5.74, 6) is 0.0901. The van der Waals surface area contributed by atoms with Crippen molar-refractivity contribution in [2.75, 3.05) is 5.32 Å². The molecule has 0 saturated carbocycles. The van der Waals surface area contributed by atoms with E-state index in [1.54, 1.807) is 49.4 Å². The van der Waals surface area contributed by atoms with Crippen LogP contribution in [0, 0.1) is 13.8 Å². The Kier molecular flexibility index (Phi) is 5.22. The summed E-state index contributed by atoms with van der Waals surface area (Å²) >= 11 is 6.08. The Balaban J connectivity index is 1.62. The van der Waals surface area contributed by atoms with Crippen LogP contribution in [0.15, 0.2) is 63.8 Å². The molecule has 1 atom stereocenters. The average Bonchev–Trinajstić information content (AvgIpc) is 2.71. The molecule has 1 amide bonds. The zero-order valence-electron chi connectivity index (χ0n) is 16.8. The Morgan fingerprint density at radius 3 is 2.47 bits per heavy atom. The molecule has 0 aliphatic heterocycles. The molecule has 152 valence electrons. The number of benzene rings is 3. The minimum atomic E-state index is -0.769. The second kappa shape index (κ2) is 7.84. The van der Waals surface area contributed by atoms with E-state index >= 15 is 0 Å². The number of anilines is 1. The summed E-state index contributed by atoms with van der Waals surface area (Å²) in [6.45, 7) is 5.57. The fourth-order valence-corrected chi connectivity index (χ4v) is 3.40. The molecule has 1 unspecified atom stereocenters. The lowest BCUT2D eigenvalue weighted by atomic mass is 10.1. The number of fused-ring (bicyclic) bond motifs is 2. The first-order valence-corrected chi connectivity index (χ1v) is 9.91. The lowest BCUT2D eigenvalue weighted by Gasteiger charge is -2.15. The van der Waals surface area contributed by atoms with Crippen LogP contribution < -0.4 is 15.5 Å². The predicted molar refractivity (Wildman–Crippen MR) is 120 cm³/mol. The molecule has 1 aromatic heterocycles. The number of amides is 1. The van der Waals surface area contributed by atoms with Crippen LogP contribution in [-0.4, -0.2) is 12.0 Å². The third-order valence-corrected chi connectivity index (χ3v) is 5.38. The smallest absolute Gasteiger partial charge is 0.265 e. The summed E-state index contributed by atoms with van der Waals surface area (Å²) < 4.78 is 11.6. The van der Waals surface area contributed by atoms with E-state index < -0.39 is 6.10 Å². The van der Waals surface area contributed by atoms with Crippen LogP contribution in [0.5, 0.6) is 5.75 Å². The quantitative estimate of drug-likeness (QED) is 0.434. The molecule has 0 aliphatic carbocycles. The molecule has 0 aliphatic rings. The number of rotatable bonds is 4. The molecule has 0 spiro atoms. The lowest BCUT2D eigenvalue weighted by molar-refractivity contribution is -0.122. The van der Waals surface area contributed by atoms with Crippen molar-refractivity contribution in [2.24, 2.45) is 0 Å². The van der Waals surface area contributed by atoms with Gasteiger partial charge in [-0.25, -0.2) is 0 Å². The van der Waals surface area contributed by atoms with E-state index in [9.17, 15) is 9.59 Å². The molecule has 0 saturated heterocycles. The summed E-state index contributed by atoms with van der Waals surface area (Å²) in [6, 6.07) is 15.6. The third-order valence-electron chi connectivity index (χ3n) is 5.06. The van der Waals surface area contributed by atoms with Gasteiger partial charge in [0.05, 0.1) is 15.8 Å². The van der Waals surface area contributed by atoms with E-state index in [-0.39, 0.29) is 11.3 Å². The first-order chi connectivity index (χ1) is 14.3. The van der Waals surface area contributed by atoms with Gasteiger partial charge in [-0.15, -0.1) is 0 Å². The van der Waals surface area contributed by atoms with Gasteiger partial charge in [0, 0.05) is 11.8 Å². The zero-order chi connectivity index (χ0) is 21.4. The van der Waals surface area contributed by atoms with Crippen molar-refractivity contribution < 1.29 is 13.9 Å². The second-order valence-electron chi connectivity index (χ2n) is 7.25. The number of nitrogens with one attached hydrogen (secondary N) is 1. The monoisotopic (exact) mass is 421 g/mol. The molecule has 4 aromatic rings. The second-order valence-corrected chi connectivity index (χ2v) is 7.66. The first-order valence-electron chi connectivity index (χ1n) is 9.53. The minimum Gasteiger partial charge on any atom is -0.479 e. The maximum absolute atomic E-state index is 12.8. The summed E-state index contributed by atoms with van der Waals surface area (Å²) in [7, 11) is 0. The van der Waals surface area contributed by atoms with Gasteiger partial charge < -0.3 is 14.5 Å². The third kappa shape index (κ3) is 3.76. The van der Waals surface area contributed by atoms with E-state index in [1.807, 2.05) is 26.0 Å². The molecule has 1 N–H and O–H groups in total. The maximum Gasteiger partial charge on any atom is 0.265 e. The number of aryl methyl sites for hydroxylation is 2. The Morgan fingerprint density at radius 2 is 1.70 bits per heavy atom. The number of hydrogen-bond donors (Lipinski definition) is 1. The highest BCUT2D eigenvalue weighted by atomic mass is 35.5. The molecule has 30 heavy (non-hydrogen) atoms. The Morgan fingerprint density at radius 1 is 1.00 bits per heavy atom. The van der Waals surface area contributed by atoms with Crippen LogP contribution in [0.2, 0.25) is 5.02 Å². The molecule has 5 nitrogen and oxygen atoms in total. The number of halogens is 1. The van der Waals surface area contributed by atoms with Gasteiger partial charge in [-0.2, -0.15) is 0 Å². The van der Waals surface area contributed by atoms with Crippen molar-refractivity contribution in [3.63, 3.8) is 0 Å². The van der Waals surface area contributed by atoms with Gasteiger partial charge in [0.15, 0.2) is 6.10 Å². The average molecular weight is 422 g/mol. The Labute approximate surface area is 178 Å². The van der Waals surface area contributed by atoms with Gasteiger partial charge >= 0.3 is 0 Å². The molecular weight excluding hydrogens is 402 g/mol. The lowest BCUT2D eigenvalue weighted by Crippen LogP contribution is -2.30. The minimum absolute atomic E-state index is 0.0948. The highest BCUT2D eigenvalue weighted by molar-refractivity contribution is 6.32. The Hall–Kier alpha value is -3.31. The van der Waals surface area contributed by atoms with E-state index in [0.29, 0.717) is 38.4 Å². The molecule has 6 heteroatoms. The normalized spacial score (nSPS) is 12.1. The highest BCUT2D eigenvalue weighted by Crippen LogP contribution is 2.26. The SMILES string of the molecule is Cc1cc2oc3cc(NC(=O)C(C)Oc4ccccc4Cl)ccc3c(=O)c2cc1C. The van der Waals surface area contributed by atoms with Gasteiger partial charge in [0.1, 0.15) is 16.9 Å². The molecule has 3 aromatic carbocycles. The standard InChI is InChI=1S/C24H20ClNO4/c1-13-10-18-21(11-14(13)2)30-22-12-16(8-9-17(22)23(18)27)26-24(28)15(3)29-20-7-5-4-6-19(20)25/h4-12,15H,1-3H3,(H,26,28). The summed E-state index contributed by atoms with van der Waals surface area (Å²) in [6.07, 6.45) is -0.769. The molecule has 1 heterocycles. The largest absolute Gasteiger partial charge is 0.479 e. The fourth-order valence-electron chi connectivity index (χ4n) is 3.22. The zero-order valence-corrected chi connectivity index (χ0v) is 17.5. The summed E-state index contributed by atoms with van der Waals surface area (Å²) in [5.41, 5.74) is 3.42. The van der Waals surface area contributed by atoms with Crippen LogP contribution >= 0.6 is 11.6 Å².